The lowest BCUT2D eigenvalue weighted by molar-refractivity contribution is 0.0727. The highest BCUT2D eigenvalue weighted by Gasteiger charge is 2.04. The predicted molar refractivity (Wildman–Crippen MR) is 62.3 cm³/mol. The van der Waals surface area contributed by atoms with E-state index in [0.29, 0.717) is 13.2 Å². The summed E-state index contributed by atoms with van der Waals surface area (Å²) in [4.78, 5) is 0. The van der Waals surface area contributed by atoms with Crippen LogP contribution in [0.5, 0.6) is 0 Å². The van der Waals surface area contributed by atoms with Gasteiger partial charge in [-0.15, -0.1) is 0 Å². The highest BCUT2D eigenvalue weighted by molar-refractivity contribution is 5.53. The summed E-state index contributed by atoms with van der Waals surface area (Å²) in [6.07, 6.45) is -0.463. The SMILES string of the molecule is COCC(O)CNc1cccc(C)c1C. The fourth-order valence-electron chi connectivity index (χ4n) is 1.42. The van der Waals surface area contributed by atoms with Crippen LogP contribution < -0.4 is 5.32 Å². The van der Waals surface area contributed by atoms with Gasteiger partial charge in [-0.1, -0.05) is 12.1 Å². The van der Waals surface area contributed by atoms with Crippen molar-refractivity contribution >= 4 is 5.69 Å². The van der Waals surface area contributed by atoms with Gasteiger partial charge in [0.15, 0.2) is 0 Å². The van der Waals surface area contributed by atoms with Gasteiger partial charge in [-0.25, -0.2) is 0 Å². The molecule has 0 fully saturated rings. The highest BCUT2D eigenvalue weighted by atomic mass is 16.5. The second kappa shape index (κ2) is 5.73. The summed E-state index contributed by atoms with van der Waals surface area (Å²) in [6, 6.07) is 6.10. The molecule has 3 nitrogen and oxygen atoms in total. The molecular weight excluding hydrogens is 190 g/mol. The molecule has 1 aromatic carbocycles. The van der Waals surface area contributed by atoms with Gasteiger partial charge >= 0.3 is 0 Å². The van der Waals surface area contributed by atoms with Crippen LogP contribution in [0.3, 0.4) is 0 Å². The van der Waals surface area contributed by atoms with Crippen molar-refractivity contribution in [2.45, 2.75) is 20.0 Å². The molecular formula is C12H19NO2. The molecule has 0 spiro atoms. The van der Waals surface area contributed by atoms with Gasteiger partial charge in [-0.2, -0.15) is 0 Å². The number of aryl methyl sites for hydroxylation is 1. The molecule has 0 saturated carbocycles. The van der Waals surface area contributed by atoms with E-state index >= 15 is 0 Å². The maximum absolute atomic E-state index is 9.48. The molecule has 0 heterocycles. The summed E-state index contributed by atoms with van der Waals surface area (Å²) in [5, 5.41) is 12.7. The Labute approximate surface area is 91.1 Å². The fourth-order valence-corrected chi connectivity index (χ4v) is 1.42. The third-order valence-corrected chi connectivity index (χ3v) is 2.49. The molecule has 0 radical (unpaired) electrons. The minimum absolute atomic E-state index is 0.359. The zero-order valence-corrected chi connectivity index (χ0v) is 9.58. The molecule has 0 amide bonds. The van der Waals surface area contributed by atoms with Gasteiger partial charge in [-0.3, -0.25) is 0 Å². The molecule has 3 heteroatoms. The number of methoxy groups -OCH3 is 1. The van der Waals surface area contributed by atoms with Crippen LogP contribution in [-0.2, 0) is 4.74 Å². The molecule has 0 aliphatic heterocycles. The first-order valence-electron chi connectivity index (χ1n) is 5.12. The van der Waals surface area contributed by atoms with Crippen molar-refractivity contribution in [1.82, 2.24) is 0 Å². The predicted octanol–water partition coefficient (Wildman–Crippen LogP) is 1.72. The van der Waals surface area contributed by atoms with Gasteiger partial charge in [-0.05, 0) is 31.0 Å². The van der Waals surface area contributed by atoms with Crippen molar-refractivity contribution in [3.8, 4) is 0 Å². The van der Waals surface area contributed by atoms with Crippen LogP contribution >= 0.6 is 0 Å². The molecule has 84 valence electrons. The zero-order valence-electron chi connectivity index (χ0n) is 9.58. The van der Waals surface area contributed by atoms with E-state index in [-0.39, 0.29) is 0 Å². The molecule has 0 saturated heterocycles. The third kappa shape index (κ3) is 3.53. The Morgan fingerprint density at radius 3 is 2.80 bits per heavy atom. The molecule has 1 aromatic rings. The number of ether oxygens (including phenoxy) is 1. The lowest BCUT2D eigenvalue weighted by Crippen LogP contribution is -2.24. The third-order valence-electron chi connectivity index (χ3n) is 2.49. The average Bonchev–Trinajstić information content (AvgIpc) is 2.21. The van der Waals surface area contributed by atoms with Gasteiger partial charge in [0.1, 0.15) is 0 Å². The van der Waals surface area contributed by atoms with Crippen molar-refractivity contribution in [2.75, 3.05) is 25.6 Å². The Morgan fingerprint density at radius 1 is 1.40 bits per heavy atom. The number of benzene rings is 1. The first-order valence-corrected chi connectivity index (χ1v) is 5.12. The first-order chi connectivity index (χ1) is 7.15. The van der Waals surface area contributed by atoms with Gasteiger partial charge in [0.25, 0.3) is 0 Å². The van der Waals surface area contributed by atoms with Crippen LogP contribution in [0.4, 0.5) is 5.69 Å². The van der Waals surface area contributed by atoms with E-state index in [1.165, 1.54) is 11.1 Å². The van der Waals surface area contributed by atoms with Gasteiger partial charge in [0, 0.05) is 19.3 Å². The quantitative estimate of drug-likeness (QED) is 0.776. The minimum Gasteiger partial charge on any atom is -0.389 e. The average molecular weight is 209 g/mol. The number of hydrogen-bond donors (Lipinski definition) is 2. The lowest BCUT2D eigenvalue weighted by Gasteiger charge is -2.14. The van der Waals surface area contributed by atoms with E-state index in [0.717, 1.165) is 5.69 Å². The Morgan fingerprint density at radius 2 is 2.13 bits per heavy atom. The number of nitrogens with one attached hydrogen (secondary N) is 1. The Kier molecular flexibility index (Phi) is 4.59. The lowest BCUT2D eigenvalue weighted by atomic mass is 10.1. The maximum Gasteiger partial charge on any atom is 0.0945 e. The summed E-state index contributed by atoms with van der Waals surface area (Å²) < 4.78 is 4.86. The molecule has 0 bridgehead atoms. The summed E-state index contributed by atoms with van der Waals surface area (Å²) in [7, 11) is 1.58. The summed E-state index contributed by atoms with van der Waals surface area (Å²) in [6.45, 7) is 5.02. The molecule has 1 atom stereocenters. The molecule has 0 aliphatic rings. The number of rotatable bonds is 5. The summed E-state index contributed by atoms with van der Waals surface area (Å²) in [5.41, 5.74) is 3.55. The fraction of sp³-hybridized carbons (Fsp3) is 0.500. The zero-order chi connectivity index (χ0) is 11.3. The van der Waals surface area contributed by atoms with Crippen molar-refractivity contribution < 1.29 is 9.84 Å². The van der Waals surface area contributed by atoms with Crippen molar-refractivity contribution in [3.63, 3.8) is 0 Å². The number of aliphatic hydroxyl groups excluding tert-OH is 1. The minimum atomic E-state index is -0.463. The van der Waals surface area contributed by atoms with Gasteiger partial charge in [0.05, 0.1) is 12.7 Å². The van der Waals surface area contributed by atoms with Crippen molar-refractivity contribution in [1.29, 1.82) is 0 Å². The van der Waals surface area contributed by atoms with E-state index in [2.05, 4.69) is 25.2 Å². The summed E-state index contributed by atoms with van der Waals surface area (Å²) >= 11 is 0. The normalized spacial score (nSPS) is 12.5. The van der Waals surface area contributed by atoms with Gasteiger partial charge in [0.2, 0.25) is 0 Å². The topological polar surface area (TPSA) is 41.5 Å². The molecule has 15 heavy (non-hydrogen) atoms. The molecule has 1 unspecified atom stereocenters. The smallest absolute Gasteiger partial charge is 0.0945 e. The summed E-state index contributed by atoms with van der Waals surface area (Å²) in [5.74, 6) is 0. The Hall–Kier alpha value is -1.06. The highest BCUT2D eigenvalue weighted by Crippen LogP contribution is 2.17. The number of hydrogen-bond acceptors (Lipinski definition) is 3. The van der Waals surface area contributed by atoms with Crippen LogP contribution in [-0.4, -0.2) is 31.5 Å². The van der Waals surface area contributed by atoms with Crippen molar-refractivity contribution in [2.24, 2.45) is 0 Å². The molecule has 0 aliphatic carbocycles. The molecule has 2 N–H and O–H groups in total. The first kappa shape index (κ1) is 12.0. The van der Waals surface area contributed by atoms with Crippen LogP contribution in [0.25, 0.3) is 0 Å². The van der Waals surface area contributed by atoms with Gasteiger partial charge < -0.3 is 15.2 Å². The molecule has 0 aromatic heterocycles. The van der Waals surface area contributed by atoms with E-state index in [1.807, 2.05) is 12.1 Å². The molecule has 1 rings (SSSR count). The largest absolute Gasteiger partial charge is 0.389 e. The maximum atomic E-state index is 9.48. The monoisotopic (exact) mass is 209 g/mol. The second-order valence-electron chi connectivity index (χ2n) is 3.74. The number of aliphatic hydroxyl groups is 1. The van der Waals surface area contributed by atoms with Crippen LogP contribution in [0.15, 0.2) is 18.2 Å². The van der Waals surface area contributed by atoms with Crippen LogP contribution in [0, 0.1) is 13.8 Å². The number of anilines is 1. The van der Waals surface area contributed by atoms with Crippen molar-refractivity contribution in [3.05, 3.63) is 29.3 Å². The Balaban J connectivity index is 2.54. The second-order valence-corrected chi connectivity index (χ2v) is 3.74. The van der Waals surface area contributed by atoms with E-state index in [1.54, 1.807) is 7.11 Å². The van der Waals surface area contributed by atoms with Crippen LogP contribution in [0.1, 0.15) is 11.1 Å². The standard InChI is InChI=1S/C12H19NO2/c1-9-5-4-6-12(10(9)2)13-7-11(14)8-15-3/h4-6,11,13-14H,7-8H2,1-3H3. The van der Waals surface area contributed by atoms with Crippen LogP contribution in [0.2, 0.25) is 0 Å². The van der Waals surface area contributed by atoms with E-state index in [4.69, 9.17) is 4.74 Å². The Bertz CT molecular complexity index is 312. The van der Waals surface area contributed by atoms with E-state index < -0.39 is 6.10 Å². The van der Waals surface area contributed by atoms with E-state index in [9.17, 15) is 5.11 Å².